The normalized spacial score (nSPS) is 24.1. The zero-order valence-corrected chi connectivity index (χ0v) is 8.69. The molecule has 1 fully saturated rings. The molecule has 0 bridgehead atoms. The van der Waals surface area contributed by atoms with E-state index in [0.717, 1.165) is 18.9 Å². The van der Waals surface area contributed by atoms with Gasteiger partial charge in [-0.05, 0) is 37.5 Å². The molecule has 0 spiro atoms. The van der Waals surface area contributed by atoms with E-state index >= 15 is 0 Å². The molecule has 1 aliphatic rings. The molecule has 0 heterocycles. The first kappa shape index (κ1) is 10.9. The average Bonchev–Trinajstić information content (AvgIpc) is 2.67. The summed E-state index contributed by atoms with van der Waals surface area (Å²) >= 11 is 0. The molecule has 0 aromatic heterocycles. The first-order chi connectivity index (χ1) is 7.70. The molecule has 16 heavy (non-hydrogen) atoms. The van der Waals surface area contributed by atoms with Gasteiger partial charge in [0.05, 0.1) is 17.7 Å². The lowest BCUT2D eigenvalue weighted by atomic mass is 10.2. The van der Waals surface area contributed by atoms with E-state index < -0.39 is 11.9 Å². The summed E-state index contributed by atoms with van der Waals surface area (Å²) in [5, 5.41) is 18.1. The number of nitriles is 1. The first-order valence-corrected chi connectivity index (χ1v) is 5.25. The lowest BCUT2D eigenvalue weighted by molar-refractivity contribution is 0.0578. The Bertz CT molecular complexity index is 428. The third-order valence-electron chi connectivity index (χ3n) is 2.76. The number of aliphatic hydroxyl groups is 1. The number of hydrogen-bond donors (Lipinski definition) is 1. The predicted molar refractivity (Wildman–Crippen MR) is 55.4 cm³/mol. The first-order valence-electron chi connectivity index (χ1n) is 5.25. The summed E-state index contributed by atoms with van der Waals surface area (Å²) in [6.45, 7) is 0. The highest BCUT2D eigenvalue weighted by Crippen LogP contribution is 2.26. The molecule has 84 valence electrons. The summed E-state index contributed by atoms with van der Waals surface area (Å²) in [7, 11) is 0. The lowest BCUT2D eigenvalue weighted by Gasteiger charge is -2.17. The van der Waals surface area contributed by atoms with Crippen LogP contribution in [0.2, 0.25) is 0 Å². The second kappa shape index (κ2) is 4.50. The Morgan fingerprint density at radius 2 is 2.25 bits per heavy atom. The summed E-state index contributed by atoms with van der Waals surface area (Å²) in [6, 6.07) is 5.92. The highest BCUT2D eigenvalue weighted by molar-refractivity contribution is 5.36. The second-order valence-electron chi connectivity index (χ2n) is 3.91. The van der Waals surface area contributed by atoms with Crippen LogP contribution in [0.25, 0.3) is 0 Å². The molecule has 0 aliphatic heterocycles. The summed E-state index contributed by atoms with van der Waals surface area (Å²) in [6.07, 6.45) is 1.48. The maximum atomic E-state index is 13.5. The van der Waals surface area contributed by atoms with Crippen molar-refractivity contribution in [2.45, 2.75) is 31.5 Å². The van der Waals surface area contributed by atoms with Crippen LogP contribution in [0, 0.1) is 17.1 Å². The van der Waals surface area contributed by atoms with Gasteiger partial charge in [0.15, 0.2) is 11.6 Å². The minimum atomic E-state index is -0.557. The molecular formula is C12H12FNO2. The summed E-state index contributed by atoms with van der Waals surface area (Å²) in [4.78, 5) is 0. The van der Waals surface area contributed by atoms with Gasteiger partial charge in [-0.1, -0.05) is 0 Å². The van der Waals surface area contributed by atoms with Crippen LogP contribution in [0.1, 0.15) is 24.8 Å². The third kappa shape index (κ3) is 2.15. The van der Waals surface area contributed by atoms with Crippen molar-refractivity contribution >= 4 is 0 Å². The number of hydrogen-bond acceptors (Lipinski definition) is 3. The number of ether oxygens (including phenoxy) is 1. The van der Waals surface area contributed by atoms with Crippen molar-refractivity contribution in [3.8, 4) is 11.8 Å². The molecular weight excluding hydrogens is 209 g/mol. The average molecular weight is 221 g/mol. The number of rotatable bonds is 2. The molecule has 1 aliphatic carbocycles. The van der Waals surface area contributed by atoms with Crippen LogP contribution in [0.4, 0.5) is 4.39 Å². The summed E-state index contributed by atoms with van der Waals surface area (Å²) in [5.74, 6) is -0.455. The zero-order valence-electron chi connectivity index (χ0n) is 8.69. The van der Waals surface area contributed by atoms with Gasteiger partial charge in [0.1, 0.15) is 6.10 Å². The van der Waals surface area contributed by atoms with E-state index in [2.05, 4.69) is 0 Å². The van der Waals surface area contributed by atoms with Gasteiger partial charge in [-0.25, -0.2) is 4.39 Å². The summed E-state index contributed by atoms with van der Waals surface area (Å²) in [5.41, 5.74) is 0.261. The molecule has 0 amide bonds. The van der Waals surface area contributed by atoms with Crippen LogP contribution in [0.5, 0.6) is 5.75 Å². The van der Waals surface area contributed by atoms with E-state index in [0.29, 0.717) is 6.42 Å². The lowest BCUT2D eigenvalue weighted by Crippen LogP contribution is -2.25. The Labute approximate surface area is 93.1 Å². The van der Waals surface area contributed by atoms with Crippen LogP contribution < -0.4 is 4.74 Å². The predicted octanol–water partition coefficient (Wildman–Crippen LogP) is 1.99. The molecule has 3 nitrogen and oxygen atoms in total. The molecule has 2 unspecified atom stereocenters. The Kier molecular flexibility index (Phi) is 3.07. The van der Waals surface area contributed by atoms with Gasteiger partial charge in [-0.2, -0.15) is 5.26 Å². The van der Waals surface area contributed by atoms with Gasteiger partial charge in [0.2, 0.25) is 0 Å². The number of benzene rings is 1. The quantitative estimate of drug-likeness (QED) is 0.830. The Morgan fingerprint density at radius 1 is 1.44 bits per heavy atom. The Balaban J connectivity index is 2.13. The highest BCUT2D eigenvalue weighted by Gasteiger charge is 2.27. The van der Waals surface area contributed by atoms with E-state index in [1.54, 1.807) is 0 Å². The van der Waals surface area contributed by atoms with Gasteiger partial charge < -0.3 is 9.84 Å². The standard InChI is InChI=1S/C12H12FNO2/c13-9-6-8(7-14)4-5-11(9)16-12-3-1-2-10(12)15/h4-6,10,12,15H,1-3H2. The molecule has 1 aromatic carbocycles. The van der Waals surface area contributed by atoms with E-state index in [1.165, 1.54) is 12.1 Å². The minimum Gasteiger partial charge on any atom is -0.485 e. The van der Waals surface area contributed by atoms with Crippen LogP contribution in [-0.4, -0.2) is 17.3 Å². The molecule has 1 saturated carbocycles. The van der Waals surface area contributed by atoms with E-state index in [-0.39, 0.29) is 17.4 Å². The summed E-state index contributed by atoms with van der Waals surface area (Å²) < 4.78 is 18.8. The monoisotopic (exact) mass is 221 g/mol. The zero-order chi connectivity index (χ0) is 11.5. The van der Waals surface area contributed by atoms with Gasteiger partial charge in [-0.15, -0.1) is 0 Å². The molecule has 1 aromatic rings. The Hall–Kier alpha value is -1.60. The van der Waals surface area contributed by atoms with Gasteiger partial charge in [0.25, 0.3) is 0 Å². The fraction of sp³-hybridized carbons (Fsp3) is 0.417. The van der Waals surface area contributed by atoms with Crippen molar-refractivity contribution in [2.75, 3.05) is 0 Å². The maximum Gasteiger partial charge on any atom is 0.166 e. The van der Waals surface area contributed by atoms with Crippen molar-refractivity contribution < 1.29 is 14.2 Å². The second-order valence-corrected chi connectivity index (χ2v) is 3.91. The van der Waals surface area contributed by atoms with E-state index in [4.69, 9.17) is 10.00 Å². The van der Waals surface area contributed by atoms with Crippen molar-refractivity contribution in [1.82, 2.24) is 0 Å². The molecule has 2 atom stereocenters. The van der Waals surface area contributed by atoms with Crippen molar-refractivity contribution in [2.24, 2.45) is 0 Å². The van der Waals surface area contributed by atoms with Crippen LogP contribution in [0.3, 0.4) is 0 Å². The molecule has 0 radical (unpaired) electrons. The molecule has 4 heteroatoms. The Morgan fingerprint density at radius 3 is 2.81 bits per heavy atom. The van der Waals surface area contributed by atoms with Crippen LogP contribution >= 0.6 is 0 Å². The van der Waals surface area contributed by atoms with Crippen LogP contribution in [0.15, 0.2) is 18.2 Å². The number of halogens is 1. The fourth-order valence-corrected chi connectivity index (χ4v) is 1.87. The number of nitrogens with zero attached hydrogens (tertiary/aromatic N) is 1. The van der Waals surface area contributed by atoms with Gasteiger partial charge in [-0.3, -0.25) is 0 Å². The molecule has 1 N–H and O–H groups in total. The van der Waals surface area contributed by atoms with E-state index in [9.17, 15) is 9.50 Å². The SMILES string of the molecule is N#Cc1ccc(OC2CCCC2O)c(F)c1. The largest absolute Gasteiger partial charge is 0.485 e. The van der Waals surface area contributed by atoms with Crippen molar-refractivity contribution in [3.05, 3.63) is 29.6 Å². The maximum absolute atomic E-state index is 13.5. The highest BCUT2D eigenvalue weighted by atomic mass is 19.1. The van der Waals surface area contributed by atoms with Gasteiger partial charge >= 0.3 is 0 Å². The third-order valence-corrected chi connectivity index (χ3v) is 2.76. The van der Waals surface area contributed by atoms with Crippen LogP contribution in [-0.2, 0) is 0 Å². The van der Waals surface area contributed by atoms with Crippen molar-refractivity contribution in [3.63, 3.8) is 0 Å². The fourth-order valence-electron chi connectivity index (χ4n) is 1.87. The van der Waals surface area contributed by atoms with Crippen molar-refractivity contribution in [1.29, 1.82) is 5.26 Å². The topological polar surface area (TPSA) is 53.2 Å². The molecule has 0 saturated heterocycles. The molecule has 2 rings (SSSR count). The van der Waals surface area contributed by atoms with E-state index in [1.807, 2.05) is 6.07 Å². The van der Waals surface area contributed by atoms with Gasteiger partial charge in [0, 0.05) is 0 Å². The number of aliphatic hydroxyl groups excluding tert-OH is 1. The minimum absolute atomic E-state index is 0.102. The smallest absolute Gasteiger partial charge is 0.166 e.